The number of hydrogen-bond donors (Lipinski definition) is 1. The number of nitrogens with one attached hydrogen (secondary N) is 1. The number of carbonyl (C=O) groups excluding carboxylic acids is 1. The van der Waals surface area contributed by atoms with Crippen LogP contribution < -0.4 is 5.43 Å². The van der Waals surface area contributed by atoms with Crippen molar-refractivity contribution < 1.29 is 4.79 Å². The van der Waals surface area contributed by atoms with Gasteiger partial charge in [-0.1, -0.05) is 50.8 Å². The Morgan fingerprint density at radius 2 is 1.81 bits per heavy atom. The molecule has 0 unspecified atom stereocenters. The van der Waals surface area contributed by atoms with E-state index < -0.39 is 0 Å². The zero-order valence-electron chi connectivity index (χ0n) is 9.86. The molecule has 0 bridgehead atoms. The van der Waals surface area contributed by atoms with Gasteiger partial charge in [0.1, 0.15) is 0 Å². The Bertz CT molecular complexity index is 355. The first kappa shape index (κ1) is 12.5. The molecule has 0 aliphatic heterocycles. The average Bonchev–Trinajstić information content (AvgIpc) is 2.35. The normalized spacial score (nSPS) is 10.2. The summed E-state index contributed by atoms with van der Waals surface area (Å²) in [4.78, 5) is 11.8. The molecular formula is C13H18N2O. The molecular weight excluding hydrogens is 200 g/mol. The number of hydrogen-bond acceptors (Lipinski definition) is 2. The van der Waals surface area contributed by atoms with Crippen LogP contribution in [-0.4, -0.2) is 24.0 Å². The van der Waals surface area contributed by atoms with Gasteiger partial charge in [0.2, 0.25) is 0 Å². The fourth-order valence-corrected chi connectivity index (χ4v) is 1.36. The summed E-state index contributed by atoms with van der Waals surface area (Å²) in [5, 5.41) is 1.84. The predicted molar refractivity (Wildman–Crippen MR) is 66.5 cm³/mol. The van der Waals surface area contributed by atoms with Crippen LogP contribution in [0.3, 0.4) is 0 Å². The summed E-state index contributed by atoms with van der Waals surface area (Å²) in [6.45, 7) is 9.36. The van der Waals surface area contributed by atoms with Gasteiger partial charge in [-0.3, -0.25) is 10.2 Å². The average molecular weight is 218 g/mol. The molecule has 0 saturated carbocycles. The number of rotatable bonds is 5. The molecule has 0 aliphatic rings. The van der Waals surface area contributed by atoms with E-state index in [1.165, 1.54) is 0 Å². The Kier molecular flexibility index (Phi) is 4.73. The number of benzene rings is 1. The van der Waals surface area contributed by atoms with Crippen LogP contribution in [0.25, 0.3) is 5.57 Å². The molecule has 0 atom stereocenters. The lowest BCUT2D eigenvalue weighted by Crippen LogP contribution is -2.42. The zero-order valence-corrected chi connectivity index (χ0v) is 9.86. The first-order valence-corrected chi connectivity index (χ1v) is 5.49. The summed E-state index contributed by atoms with van der Waals surface area (Å²) in [5.41, 5.74) is 4.16. The van der Waals surface area contributed by atoms with Crippen LogP contribution in [-0.2, 0) is 4.79 Å². The van der Waals surface area contributed by atoms with Gasteiger partial charge in [-0.2, -0.15) is 0 Å². The van der Waals surface area contributed by atoms with Gasteiger partial charge in [-0.15, -0.1) is 0 Å². The van der Waals surface area contributed by atoms with Crippen molar-refractivity contribution in [2.24, 2.45) is 0 Å². The quantitative estimate of drug-likeness (QED) is 0.606. The molecule has 0 fully saturated rings. The standard InChI is InChI=1S/C13H18N2O/c1-4-15(5-2)14-13(16)11(3)12-9-7-6-8-10-12/h6-10H,3-5H2,1-2H3,(H,14,16). The van der Waals surface area contributed by atoms with Crippen molar-refractivity contribution in [1.82, 2.24) is 10.4 Å². The van der Waals surface area contributed by atoms with E-state index in [-0.39, 0.29) is 5.91 Å². The second kappa shape index (κ2) is 6.08. The fourth-order valence-electron chi connectivity index (χ4n) is 1.36. The third-order valence-corrected chi connectivity index (χ3v) is 2.42. The summed E-state index contributed by atoms with van der Waals surface area (Å²) < 4.78 is 0. The molecule has 0 aromatic heterocycles. The summed E-state index contributed by atoms with van der Waals surface area (Å²) in [6, 6.07) is 9.46. The maximum Gasteiger partial charge on any atom is 0.265 e. The van der Waals surface area contributed by atoms with Crippen molar-refractivity contribution >= 4 is 11.5 Å². The van der Waals surface area contributed by atoms with E-state index in [4.69, 9.17) is 0 Å². The summed E-state index contributed by atoms with van der Waals surface area (Å²) in [5.74, 6) is -0.144. The van der Waals surface area contributed by atoms with Crippen molar-refractivity contribution in [2.75, 3.05) is 13.1 Å². The highest BCUT2D eigenvalue weighted by atomic mass is 16.2. The lowest BCUT2D eigenvalue weighted by Gasteiger charge is -2.19. The summed E-state index contributed by atoms with van der Waals surface area (Å²) in [6.07, 6.45) is 0. The summed E-state index contributed by atoms with van der Waals surface area (Å²) in [7, 11) is 0. The van der Waals surface area contributed by atoms with E-state index in [2.05, 4.69) is 12.0 Å². The minimum absolute atomic E-state index is 0.144. The van der Waals surface area contributed by atoms with Crippen LogP contribution in [0.2, 0.25) is 0 Å². The highest BCUT2D eigenvalue weighted by molar-refractivity contribution is 6.18. The molecule has 86 valence electrons. The molecule has 0 saturated heterocycles. The highest BCUT2D eigenvalue weighted by Crippen LogP contribution is 2.11. The number of amides is 1. The number of hydrazine groups is 1. The minimum Gasteiger partial charge on any atom is -0.285 e. The monoisotopic (exact) mass is 218 g/mol. The van der Waals surface area contributed by atoms with Crippen molar-refractivity contribution in [1.29, 1.82) is 0 Å². The van der Waals surface area contributed by atoms with Crippen LogP contribution in [0.15, 0.2) is 36.9 Å². The second-order valence-corrected chi connectivity index (χ2v) is 3.46. The number of nitrogens with zero attached hydrogens (tertiary/aromatic N) is 1. The molecule has 16 heavy (non-hydrogen) atoms. The summed E-state index contributed by atoms with van der Waals surface area (Å²) >= 11 is 0. The SMILES string of the molecule is C=C(C(=O)NN(CC)CC)c1ccccc1. The van der Waals surface area contributed by atoms with Crippen molar-refractivity contribution in [3.8, 4) is 0 Å². The van der Waals surface area contributed by atoms with Gasteiger partial charge in [-0.25, -0.2) is 5.01 Å². The van der Waals surface area contributed by atoms with Gasteiger partial charge < -0.3 is 0 Å². The van der Waals surface area contributed by atoms with Gasteiger partial charge in [0.05, 0.1) is 0 Å². The Morgan fingerprint density at radius 1 is 1.25 bits per heavy atom. The molecule has 0 radical (unpaired) electrons. The van der Waals surface area contributed by atoms with Gasteiger partial charge in [0.25, 0.3) is 5.91 Å². The third kappa shape index (κ3) is 3.21. The lowest BCUT2D eigenvalue weighted by atomic mass is 10.1. The van der Waals surface area contributed by atoms with Crippen LogP contribution in [0.1, 0.15) is 19.4 Å². The van der Waals surface area contributed by atoms with E-state index in [0.29, 0.717) is 5.57 Å². The van der Waals surface area contributed by atoms with E-state index in [1.54, 1.807) is 0 Å². The topological polar surface area (TPSA) is 32.3 Å². The van der Waals surface area contributed by atoms with Crippen molar-refractivity contribution in [3.63, 3.8) is 0 Å². The second-order valence-electron chi connectivity index (χ2n) is 3.46. The molecule has 3 heteroatoms. The van der Waals surface area contributed by atoms with Crippen molar-refractivity contribution in [2.45, 2.75) is 13.8 Å². The Morgan fingerprint density at radius 3 is 2.31 bits per heavy atom. The van der Waals surface area contributed by atoms with Crippen LogP contribution in [0.5, 0.6) is 0 Å². The van der Waals surface area contributed by atoms with Crippen LogP contribution in [0.4, 0.5) is 0 Å². The van der Waals surface area contributed by atoms with Gasteiger partial charge in [0, 0.05) is 18.7 Å². The fraction of sp³-hybridized carbons (Fsp3) is 0.308. The first-order chi connectivity index (χ1) is 7.69. The first-order valence-electron chi connectivity index (χ1n) is 5.49. The third-order valence-electron chi connectivity index (χ3n) is 2.42. The maximum absolute atomic E-state index is 11.8. The molecule has 0 heterocycles. The molecule has 1 rings (SSSR count). The molecule has 1 N–H and O–H groups in total. The lowest BCUT2D eigenvalue weighted by molar-refractivity contribution is -0.120. The van der Waals surface area contributed by atoms with E-state index >= 15 is 0 Å². The van der Waals surface area contributed by atoms with E-state index in [9.17, 15) is 4.79 Å². The highest BCUT2D eigenvalue weighted by Gasteiger charge is 2.10. The Hall–Kier alpha value is -1.61. The molecule has 3 nitrogen and oxygen atoms in total. The van der Waals surface area contributed by atoms with Crippen LogP contribution >= 0.6 is 0 Å². The van der Waals surface area contributed by atoms with E-state index in [1.807, 2.05) is 49.2 Å². The minimum atomic E-state index is -0.144. The molecule has 1 aromatic carbocycles. The molecule has 1 amide bonds. The molecule has 0 spiro atoms. The van der Waals surface area contributed by atoms with Crippen LogP contribution in [0, 0.1) is 0 Å². The predicted octanol–water partition coefficient (Wildman–Crippen LogP) is 2.07. The van der Waals surface area contributed by atoms with E-state index in [0.717, 1.165) is 18.7 Å². The largest absolute Gasteiger partial charge is 0.285 e. The zero-order chi connectivity index (χ0) is 12.0. The van der Waals surface area contributed by atoms with Gasteiger partial charge in [0.15, 0.2) is 0 Å². The number of carbonyl (C=O) groups is 1. The van der Waals surface area contributed by atoms with Gasteiger partial charge in [-0.05, 0) is 5.56 Å². The molecule has 0 aliphatic carbocycles. The Labute approximate surface area is 96.7 Å². The van der Waals surface area contributed by atoms with Gasteiger partial charge >= 0.3 is 0 Å². The smallest absolute Gasteiger partial charge is 0.265 e. The molecule has 1 aromatic rings. The maximum atomic E-state index is 11.8. The van der Waals surface area contributed by atoms with Crippen molar-refractivity contribution in [3.05, 3.63) is 42.5 Å². The Balaban J connectivity index is 2.65.